The number of fused-ring (bicyclic) bond motifs is 2. The number of hydrogen-bond acceptors (Lipinski definition) is 6. The number of hydrogen-bond donors (Lipinski definition) is 1. The van der Waals surface area contributed by atoms with Gasteiger partial charge in [0.05, 0.1) is 17.8 Å². The monoisotopic (exact) mass is 440 g/mol. The van der Waals surface area contributed by atoms with Crippen molar-refractivity contribution in [3.05, 3.63) is 35.9 Å². The number of amides is 1. The van der Waals surface area contributed by atoms with E-state index in [2.05, 4.69) is 16.1 Å². The van der Waals surface area contributed by atoms with Crippen LogP contribution in [0.3, 0.4) is 0 Å². The highest BCUT2D eigenvalue weighted by Gasteiger charge is 2.51. The van der Waals surface area contributed by atoms with Crippen LogP contribution in [0.15, 0.2) is 30.3 Å². The third kappa shape index (κ3) is 3.94. The van der Waals surface area contributed by atoms with Crippen molar-refractivity contribution in [2.24, 2.45) is 0 Å². The van der Waals surface area contributed by atoms with Crippen molar-refractivity contribution in [2.45, 2.75) is 43.6 Å². The van der Waals surface area contributed by atoms with Gasteiger partial charge in [0.15, 0.2) is 12.6 Å². The Hall–Kier alpha value is -3.38. The fourth-order valence-corrected chi connectivity index (χ4v) is 4.68. The van der Waals surface area contributed by atoms with E-state index in [1.54, 1.807) is 36.2 Å². The second kappa shape index (κ2) is 9.01. The number of aromatic nitrogens is 2. The molecule has 1 aromatic carbocycles. The first-order valence-corrected chi connectivity index (χ1v) is 10.4. The lowest BCUT2D eigenvalue weighted by Crippen LogP contribution is -2.58. The van der Waals surface area contributed by atoms with Crippen molar-refractivity contribution < 1.29 is 23.8 Å². The number of rotatable bonds is 6. The number of halogens is 1. The average molecular weight is 440 g/mol. The standard InChI is InChI=1S/C23H25FN4O4/c1-4-14-5-7-16(20(11-14)32-13-31-3)17-8-10-21(26-25-17)27(2)19-12-15-6-9-18(22(19)24)28(15)23(29)30/h1,5,7-8,10-11,15,18-19,22H,6,9,12-13H2,2-3H3,(H,29,30)/t15-,18+,19-,22+/m0/s1. The first kappa shape index (κ1) is 21.8. The second-order valence-corrected chi connectivity index (χ2v) is 8.03. The summed E-state index contributed by atoms with van der Waals surface area (Å²) in [6, 6.07) is 7.66. The third-order valence-corrected chi connectivity index (χ3v) is 6.28. The molecule has 0 spiro atoms. The van der Waals surface area contributed by atoms with Crippen LogP contribution in [0, 0.1) is 12.3 Å². The zero-order chi connectivity index (χ0) is 22.8. The third-order valence-electron chi connectivity index (χ3n) is 6.28. The fourth-order valence-electron chi connectivity index (χ4n) is 4.68. The maximum atomic E-state index is 15.2. The van der Waals surface area contributed by atoms with Crippen LogP contribution in [0.5, 0.6) is 5.75 Å². The normalized spacial score (nSPS) is 24.1. The molecule has 4 atom stereocenters. The van der Waals surface area contributed by atoms with Crippen molar-refractivity contribution in [3.63, 3.8) is 0 Å². The Balaban J connectivity index is 1.55. The number of piperidine rings is 1. The molecule has 0 saturated carbocycles. The van der Waals surface area contributed by atoms with E-state index in [1.807, 2.05) is 6.07 Å². The molecule has 2 saturated heterocycles. The molecule has 1 amide bonds. The zero-order valence-corrected chi connectivity index (χ0v) is 17.9. The molecule has 4 rings (SSSR count). The van der Waals surface area contributed by atoms with Gasteiger partial charge in [0.2, 0.25) is 0 Å². The number of terminal acetylenes is 1. The maximum Gasteiger partial charge on any atom is 0.407 e. The molecule has 3 heterocycles. The highest BCUT2D eigenvalue weighted by Crippen LogP contribution is 2.40. The summed E-state index contributed by atoms with van der Waals surface area (Å²) < 4.78 is 25.9. The van der Waals surface area contributed by atoms with Gasteiger partial charge in [-0.05, 0) is 49.6 Å². The number of carboxylic acid groups (broad SMARTS) is 1. The maximum absolute atomic E-state index is 15.2. The molecule has 0 unspecified atom stereocenters. The molecule has 9 heteroatoms. The summed E-state index contributed by atoms with van der Waals surface area (Å²) in [6.07, 6.45) is 4.80. The molecule has 2 aromatic rings. The lowest BCUT2D eigenvalue weighted by atomic mass is 9.94. The summed E-state index contributed by atoms with van der Waals surface area (Å²) in [5, 5.41) is 18.0. The number of alkyl halides is 1. The van der Waals surface area contributed by atoms with Crippen LogP contribution in [0.25, 0.3) is 11.3 Å². The van der Waals surface area contributed by atoms with Gasteiger partial charge in [-0.2, -0.15) is 0 Å². The van der Waals surface area contributed by atoms with Crippen LogP contribution in [0.4, 0.5) is 15.0 Å². The van der Waals surface area contributed by atoms with Crippen LogP contribution in [0.2, 0.25) is 0 Å². The second-order valence-electron chi connectivity index (χ2n) is 8.03. The fraction of sp³-hybridized carbons (Fsp3) is 0.435. The van der Waals surface area contributed by atoms with Gasteiger partial charge >= 0.3 is 6.09 Å². The highest BCUT2D eigenvalue weighted by atomic mass is 19.1. The first-order valence-electron chi connectivity index (χ1n) is 10.4. The van der Waals surface area contributed by atoms with Gasteiger partial charge < -0.3 is 19.5 Å². The SMILES string of the molecule is C#Cc1ccc(-c2ccc(N(C)[C@H]3C[C@@H]4CC[C@H]([C@H]3F)N4C(=O)O)nn2)c(OCOC)c1. The lowest BCUT2D eigenvalue weighted by molar-refractivity contribution is 0.0489. The molecule has 8 nitrogen and oxygen atoms in total. The Morgan fingerprint density at radius 2 is 2.16 bits per heavy atom. The van der Waals surface area contributed by atoms with Crippen LogP contribution >= 0.6 is 0 Å². The highest BCUT2D eigenvalue weighted by molar-refractivity contribution is 5.69. The molecule has 0 aliphatic carbocycles. The van der Waals surface area contributed by atoms with E-state index >= 15 is 4.39 Å². The minimum Gasteiger partial charge on any atom is -0.467 e. The summed E-state index contributed by atoms with van der Waals surface area (Å²) in [4.78, 5) is 14.6. The van der Waals surface area contributed by atoms with Crippen LogP contribution in [-0.4, -0.2) is 71.5 Å². The van der Waals surface area contributed by atoms with E-state index in [0.29, 0.717) is 47.7 Å². The summed E-state index contributed by atoms with van der Waals surface area (Å²) in [5.74, 6) is 3.61. The number of anilines is 1. The topological polar surface area (TPSA) is 88.0 Å². The van der Waals surface area contributed by atoms with E-state index in [4.69, 9.17) is 15.9 Å². The molecule has 2 aliphatic heterocycles. The molecule has 2 aliphatic rings. The lowest BCUT2D eigenvalue weighted by Gasteiger charge is -2.43. The van der Waals surface area contributed by atoms with Crippen molar-refractivity contribution >= 4 is 11.9 Å². The van der Waals surface area contributed by atoms with Gasteiger partial charge in [-0.15, -0.1) is 16.6 Å². The Kier molecular flexibility index (Phi) is 6.15. The van der Waals surface area contributed by atoms with E-state index in [-0.39, 0.29) is 12.8 Å². The Morgan fingerprint density at radius 3 is 2.81 bits per heavy atom. The van der Waals surface area contributed by atoms with Gasteiger partial charge in [0.1, 0.15) is 11.9 Å². The molecule has 1 N–H and O–H groups in total. The molecular weight excluding hydrogens is 415 g/mol. The van der Waals surface area contributed by atoms with E-state index in [9.17, 15) is 9.90 Å². The van der Waals surface area contributed by atoms with Gasteiger partial charge in [0.25, 0.3) is 0 Å². The minimum atomic E-state index is -1.29. The van der Waals surface area contributed by atoms with Crippen LogP contribution in [0.1, 0.15) is 24.8 Å². The minimum absolute atomic E-state index is 0.0601. The van der Waals surface area contributed by atoms with Gasteiger partial charge in [0, 0.05) is 31.3 Å². The summed E-state index contributed by atoms with van der Waals surface area (Å²) in [6.45, 7) is 0.0601. The summed E-state index contributed by atoms with van der Waals surface area (Å²) in [7, 11) is 3.30. The Labute approximate surface area is 185 Å². The quantitative estimate of drug-likeness (QED) is 0.545. The van der Waals surface area contributed by atoms with Crippen molar-refractivity contribution in [1.82, 2.24) is 15.1 Å². The molecule has 32 heavy (non-hydrogen) atoms. The van der Waals surface area contributed by atoms with Gasteiger partial charge in [-0.1, -0.05) is 5.92 Å². The largest absolute Gasteiger partial charge is 0.467 e. The Morgan fingerprint density at radius 1 is 1.34 bits per heavy atom. The first-order chi connectivity index (χ1) is 15.4. The predicted molar refractivity (Wildman–Crippen MR) is 116 cm³/mol. The van der Waals surface area contributed by atoms with Crippen molar-refractivity contribution in [2.75, 3.05) is 25.9 Å². The van der Waals surface area contributed by atoms with Gasteiger partial charge in [-0.25, -0.2) is 9.18 Å². The number of benzene rings is 1. The van der Waals surface area contributed by atoms with Crippen molar-refractivity contribution in [1.29, 1.82) is 0 Å². The smallest absolute Gasteiger partial charge is 0.407 e. The van der Waals surface area contributed by atoms with Crippen LogP contribution in [-0.2, 0) is 4.74 Å². The van der Waals surface area contributed by atoms with Crippen LogP contribution < -0.4 is 9.64 Å². The van der Waals surface area contributed by atoms with E-state index < -0.39 is 24.3 Å². The zero-order valence-electron chi connectivity index (χ0n) is 17.9. The molecular formula is C23H25FN4O4. The van der Waals surface area contributed by atoms with E-state index in [0.717, 1.165) is 0 Å². The number of methoxy groups -OCH3 is 1. The number of carbonyl (C=O) groups is 1. The van der Waals surface area contributed by atoms with E-state index in [1.165, 1.54) is 12.0 Å². The molecule has 1 aromatic heterocycles. The van der Waals surface area contributed by atoms with Gasteiger partial charge in [-0.3, -0.25) is 4.90 Å². The molecule has 2 fully saturated rings. The van der Waals surface area contributed by atoms with Crippen molar-refractivity contribution in [3.8, 4) is 29.4 Å². The average Bonchev–Trinajstić information content (AvgIpc) is 3.17. The number of ether oxygens (including phenoxy) is 2. The summed E-state index contributed by atoms with van der Waals surface area (Å²) >= 11 is 0. The molecule has 2 bridgehead atoms. The molecule has 0 radical (unpaired) electrons. The Bertz CT molecular complexity index is 1030. The predicted octanol–water partition coefficient (Wildman–Crippen LogP) is 3.17. The molecule has 168 valence electrons. The summed E-state index contributed by atoms with van der Waals surface area (Å²) in [5.41, 5.74) is 1.95. The number of nitrogens with zero attached hydrogens (tertiary/aromatic N) is 4.